The second-order valence-corrected chi connectivity index (χ2v) is 6.30. The highest BCUT2D eigenvalue weighted by molar-refractivity contribution is 5.95. The highest BCUT2D eigenvalue weighted by Crippen LogP contribution is 2.32. The first-order chi connectivity index (χ1) is 11.8. The van der Waals surface area contributed by atoms with E-state index < -0.39 is 18.2 Å². The van der Waals surface area contributed by atoms with Gasteiger partial charge in [-0.15, -0.1) is 0 Å². The molecule has 0 bridgehead atoms. The lowest BCUT2D eigenvalue weighted by molar-refractivity contribution is -0.153. The molecule has 1 heterocycles. The fourth-order valence-corrected chi connectivity index (χ4v) is 2.93. The van der Waals surface area contributed by atoms with E-state index in [-0.39, 0.29) is 11.7 Å². The summed E-state index contributed by atoms with van der Waals surface area (Å²) >= 11 is 0. The number of carbonyl (C=O) groups is 1. The van der Waals surface area contributed by atoms with E-state index in [4.69, 9.17) is 9.47 Å². The first-order valence-electron chi connectivity index (χ1n) is 8.07. The zero-order chi connectivity index (χ0) is 18.5. The van der Waals surface area contributed by atoms with Gasteiger partial charge < -0.3 is 20.1 Å². The summed E-state index contributed by atoms with van der Waals surface area (Å²) in [4.78, 5) is 12.7. The van der Waals surface area contributed by atoms with Gasteiger partial charge in [-0.1, -0.05) is 0 Å². The SMILES string of the molecule is COCC1(C(=O)Nc2ccc(OCC(F)(F)F)c(C)c2)CCNCC1. The molecule has 0 atom stereocenters. The van der Waals surface area contributed by atoms with Crippen molar-refractivity contribution >= 4 is 11.6 Å². The fourth-order valence-electron chi connectivity index (χ4n) is 2.93. The average Bonchev–Trinajstić information content (AvgIpc) is 2.54. The number of piperidine rings is 1. The molecule has 1 aromatic carbocycles. The molecule has 140 valence electrons. The number of methoxy groups -OCH3 is 1. The molecule has 0 aliphatic carbocycles. The molecule has 0 spiro atoms. The number of hydrogen-bond acceptors (Lipinski definition) is 4. The molecule has 2 N–H and O–H groups in total. The van der Waals surface area contributed by atoms with Gasteiger partial charge in [-0.2, -0.15) is 13.2 Å². The zero-order valence-corrected chi connectivity index (χ0v) is 14.3. The van der Waals surface area contributed by atoms with Crippen molar-refractivity contribution in [1.29, 1.82) is 0 Å². The largest absolute Gasteiger partial charge is 0.484 e. The molecule has 25 heavy (non-hydrogen) atoms. The van der Waals surface area contributed by atoms with Gasteiger partial charge in [0.2, 0.25) is 5.91 Å². The van der Waals surface area contributed by atoms with Gasteiger partial charge in [-0.3, -0.25) is 4.79 Å². The maximum Gasteiger partial charge on any atom is 0.422 e. The van der Waals surface area contributed by atoms with Crippen LogP contribution in [0.25, 0.3) is 0 Å². The average molecular weight is 360 g/mol. The second-order valence-electron chi connectivity index (χ2n) is 6.30. The third-order valence-electron chi connectivity index (χ3n) is 4.29. The molecule has 1 aliphatic rings. The maximum absolute atomic E-state index is 12.7. The first-order valence-corrected chi connectivity index (χ1v) is 8.07. The predicted octanol–water partition coefficient (Wildman–Crippen LogP) is 2.89. The van der Waals surface area contributed by atoms with Crippen molar-refractivity contribution in [2.24, 2.45) is 5.41 Å². The molecule has 1 fully saturated rings. The number of rotatable bonds is 6. The Morgan fingerprint density at radius 2 is 2.00 bits per heavy atom. The standard InChI is InChI=1S/C17H23F3N2O3/c1-12-9-13(3-4-14(12)25-11-17(18,19)20)22-15(23)16(10-24-2)5-7-21-8-6-16/h3-4,9,21H,5-8,10-11H2,1-2H3,(H,22,23). The van der Waals surface area contributed by atoms with Crippen LogP contribution in [0.5, 0.6) is 5.75 Å². The van der Waals surface area contributed by atoms with Crippen LogP contribution in [-0.4, -0.2) is 45.5 Å². The lowest BCUT2D eigenvalue weighted by Crippen LogP contribution is -2.47. The first kappa shape index (κ1) is 19.5. The summed E-state index contributed by atoms with van der Waals surface area (Å²) in [7, 11) is 1.56. The second kappa shape index (κ2) is 8.05. The molecular weight excluding hydrogens is 337 g/mol. The normalized spacial score (nSPS) is 17.2. The van der Waals surface area contributed by atoms with Crippen LogP contribution < -0.4 is 15.4 Å². The van der Waals surface area contributed by atoms with Crippen molar-refractivity contribution in [3.8, 4) is 5.75 Å². The van der Waals surface area contributed by atoms with Crippen LogP contribution in [0, 0.1) is 12.3 Å². The van der Waals surface area contributed by atoms with Gasteiger partial charge in [-0.25, -0.2) is 0 Å². The summed E-state index contributed by atoms with van der Waals surface area (Å²) in [6.07, 6.45) is -3.06. The Hall–Kier alpha value is -1.80. The van der Waals surface area contributed by atoms with E-state index in [1.54, 1.807) is 20.1 Å². The van der Waals surface area contributed by atoms with Gasteiger partial charge in [0, 0.05) is 12.8 Å². The summed E-state index contributed by atoms with van der Waals surface area (Å²) in [5.74, 6) is 0.00278. The molecule has 0 aromatic heterocycles. The Morgan fingerprint density at radius 3 is 2.56 bits per heavy atom. The van der Waals surface area contributed by atoms with E-state index >= 15 is 0 Å². The van der Waals surface area contributed by atoms with Crippen LogP contribution in [0.3, 0.4) is 0 Å². The van der Waals surface area contributed by atoms with E-state index in [1.165, 1.54) is 12.1 Å². The number of anilines is 1. The fraction of sp³-hybridized carbons (Fsp3) is 0.588. The number of hydrogen-bond donors (Lipinski definition) is 2. The van der Waals surface area contributed by atoms with Crippen LogP contribution in [-0.2, 0) is 9.53 Å². The lowest BCUT2D eigenvalue weighted by Gasteiger charge is -2.35. The Kier molecular flexibility index (Phi) is 6.29. The Bertz CT molecular complexity index is 594. The molecule has 0 radical (unpaired) electrons. The van der Waals surface area contributed by atoms with Gasteiger partial charge in [0.05, 0.1) is 12.0 Å². The van der Waals surface area contributed by atoms with Crippen LogP contribution in [0.1, 0.15) is 18.4 Å². The predicted molar refractivity (Wildman–Crippen MR) is 87.8 cm³/mol. The third-order valence-corrected chi connectivity index (χ3v) is 4.29. The molecule has 1 aromatic rings. The molecule has 8 heteroatoms. The topological polar surface area (TPSA) is 59.6 Å². The van der Waals surface area contributed by atoms with Crippen molar-refractivity contribution in [2.75, 3.05) is 38.7 Å². The highest BCUT2D eigenvalue weighted by atomic mass is 19.4. The van der Waals surface area contributed by atoms with E-state index in [9.17, 15) is 18.0 Å². The Balaban J connectivity index is 2.06. The van der Waals surface area contributed by atoms with Crippen molar-refractivity contribution in [1.82, 2.24) is 5.32 Å². The van der Waals surface area contributed by atoms with E-state index in [1.807, 2.05) is 0 Å². The number of ether oxygens (including phenoxy) is 2. The van der Waals surface area contributed by atoms with E-state index in [0.29, 0.717) is 30.7 Å². The molecular formula is C17H23F3N2O3. The monoisotopic (exact) mass is 360 g/mol. The van der Waals surface area contributed by atoms with Crippen LogP contribution in [0.4, 0.5) is 18.9 Å². The molecule has 1 amide bonds. The minimum atomic E-state index is -4.39. The number of amides is 1. The minimum Gasteiger partial charge on any atom is -0.484 e. The summed E-state index contributed by atoms with van der Waals surface area (Å²) in [5.41, 5.74) is 0.448. The van der Waals surface area contributed by atoms with Crippen molar-refractivity contribution in [2.45, 2.75) is 25.9 Å². The van der Waals surface area contributed by atoms with Crippen molar-refractivity contribution in [3.63, 3.8) is 0 Å². The zero-order valence-electron chi connectivity index (χ0n) is 14.3. The molecule has 0 saturated carbocycles. The van der Waals surface area contributed by atoms with Crippen molar-refractivity contribution < 1.29 is 27.4 Å². The lowest BCUT2D eigenvalue weighted by atomic mass is 9.78. The van der Waals surface area contributed by atoms with Crippen LogP contribution in [0.2, 0.25) is 0 Å². The van der Waals surface area contributed by atoms with Crippen LogP contribution in [0.15, 0.2) is 18.2 Å². The number of halogens is 3. The highest BCUT2D eigenvalue weighted by Gasteiger charge is 2.39. The number of carbonyl (C=O) groups excluding carboxylic acids is 1. The Labute approximate surface area is 144 Å². The molecule has 0 unspecified atom stereocenters. The van der Waals surface area contributed by atoms with Gasteiger partial charge in [0.1, 0.15) is 5.75 Å². The molecule has 1 aliphatic heterocycles. The Morgan fingerprint density at radius 1 is 1.32 bits per heavy atom. The number of aryl methyl sites for hydroxylation is 1. The number of benzene rings is 1. The van der Waals surface area contributed by atoms with E-state index in [2.05, 4.69) is 10.6 Å². The molecule has 2 rings (SSSR count). The van der Waals surface area contributed by atoms with Gasteiger partial charge >= 0.3 is 6.18 Å². The summed E-state index contributed by atoms with van der Waals surface area (Å²) < 4.78 is 46.7. The number of nitrogens with one attached hydrogen (secondary N) is 2. The van der Waals surface area contributed by atoms with Crippen LogP contribution >= 0.6 is 0 Å². The summed E-state index contributed by atoms with van der Waals surface area (Å²) in [6.45, 7) is 2.09. The summed E-state index contributed by atoms with van der Waals surface area (Å²) in [5, 5.41) is 6.07. The minimum absolute atomic E-state index is 0.140. The van der Waals surface area contributed by atoms with Gasteiger partial charge in [0.15, 0.2) is 6.61 Å². The van der Waals surface area contributed by atoms with Crippen molar-refractivity contribution in [3.05, 3.63) is 23.8 Å². The number of alkyl halides is 3. The molecule has 5 nitrogen and oxygen atoms in total. The third kappa shape index (κ3) is 5.34. The van der Waals surface area contributed by atoms with Gasteiger partial charge in [0.25, 0.3) is 0 Å². The smallest absolute Gasteiger partial charge is 0.422 e. The summed E-state index contributed by atoms with van der Waals surface area (Å²) in [6, 6.07) is 4.57. The van der Waals surface area contributed by atoms with Gasteiger partial charge in [-0.05, 0) is 56.6 Å². The quantitative estimate of drug-likeness (QED) is 0.819. The molecule has 1 saturated heterocycles. The maximum atomic E-state index is 12.7. The van der Waals surface area contributed by atoms with E-state index in [0.717, 1.165) is 13.1 Å².